The molecule has 2 aromatic heterocycles. The van der Waals surface area contributed by atoms with Crippen molar-refractivity contribution in [2.45, 2.75) is 11.6 Å². The summed E-state index contributed by atoms with van der Waals surface area (Å²) in [7, 11) is 0. The minimum atomic E-state index is -0.0270. The van der Waals surface area contributed by atoms with E-state index in [1.165, 1.54) is 6.07 Å². The highest BCUT2D eigenvalue weighted by Gasteiger charge is 1.98. The Bertz CT molecular complexity index is 539. The van der Waals surface area contributed by atoms with Crippen molar-refractivity contribution in [1.29, 1.82) is 0 Å². The molecule has 2 aromatic rings. The fraction of sp³-hybridized carbons (Fsp3) is 0.167. The minimum Gasteiger partial charge on any atom is -0.398 e. The van der Waals surface area contributed by atoms with Crippen molar-refractivity contribution in [1.82, 2.24) is 9.55 Å². The number of aromatic nitrogens is 2. The van der Waals surface area contributed by atoms with Crippen LogP contribution in [0.4, 0.5) is 5.69 Å². The summed E-state index contributed by atoms with van der Waals surface area (Å²) in [5.41, 5.74) is 6.21. The predicted octanol–water partition coefficient (Wildman–Crippen LogP) is 1.62. The average molecular weight is 247 g/mol. The minimum absolute atomic E-state index is 0.0270. The molecule has 2 N–H and O–H groups in total. The maximum absolute atomic E-state index is 11.5. The van der Waals surface area contributed by atoms with E-state index in [1.54, 1.807) is 34.8 Å². The molecule has 0 amide bonds. The molecule has 0 saturated heterocycles. The van der Waals surface area contributed by atoms with E-state index in [0.717, 1.165) is 10.8 Å². The lowest BCUT2D eigenvalue weighted by Crippen LogP contribution is -2.19. The van der Waals surface area contributed by atoms with Gasteiger partial charge in [-0.25, -0.2) is 4.98 Å². The SMILES string of the molecule is Nc1ccc(=O)n(CCSc2ccccn2)c1. The van der Waals surface area contributed by atoms with Gasteiger partial charge in [-0.05, 0) is 18.2 Å². The van der Waals surface area contributed by atoms with Crippen LogP contribution in [0.25, 0.3) is 0 Å². The number of anilines is 1. The zero-order valence-electron chi connectivity index (χ0n) is 9.24. The Labute approximate surface area is 103 Å². The smallest absolute Gasteiger partial charge is 0.250 e. The van der Waals surface area contributed by atoms with E-state index in [-0.39, 0.29) is 5.56 Å². The predicted molar refractivity (Wildman–Crippen MR) is 70.1 cm³/mol. The van der Waals surface area contributed by atoms with Crippen molar-refractivity contribution in [2.24, 2.45) is 0 Å². The van der Waals surface area contributed by atoms with Gasteiger partial charge in [0.05, 0.1) is 5.03 Å². The van der Waals surface area contributed by atoms with Crippen molar-refractivity contribution in [3.63, 3.8) is 0 Å². The van der Waals surface area contributed by atoms with Gasteiger partial charge in [0.2, 0.25) is 0 Å². The molecule has 5 heteroatoms. The summed E-state index contributed by atoms with van der Waals surface area (Å²) in [6.07, 6.45) is 3.43. The van der Waals surface area contributed by atoms with Gasteiger partial charge < -0.3 is 10.3 Å². The van der Waals surface area contributed by atoms with E-state index in [4.69, 9.17) is 5.73 Å². The number of pyridine rings is 2. The van der Waals surface area contributed by atoms with Crippen LogP contribution < -0.4 is 11.3 Å². The molecule has 17 heavy (non-hydrogen) atoms. The number of nitrogens with zero attached hydrogens (tertiary/aromatic N) is 2. The van der Waals surface area contributed by atoms with Crippen molar-refractivity contribution in [3.8, 4) is 0 Å². The summed E-state index contributed by atoms with van der Waals surface area (Å²) in [6.45, 7) is 0.630. The average Bonchev–Trinajstić information content (AvgIpc) is 2.35. The topological polar surface area (TPSA) is 60.9 Å². The molecule has 0 radical (unpaired) electrons. The highest BCUT2D eigenvalue weighted by atomic mass is 32.2. The lowest BCUT2D eigenvalue weighted by atomic mass is 10.4. The first-order chi connectivity index (χ1) is 8.25. The van der Waals surface area contributed by atoms with Gasteiger partial charge >= 0.3 is 0 Å². The number of nitrogens with two attached hydrogens (primary N) is 1. The third-order valence-corrected chi connectivity index (χ3v) is 3.15. The van der Waals surface area contributed by atoms with Gasteiger partial charge in [-0.3, -0.25) is 4.79 Å². The second-order valence-corrected chi connectivity index (χ2v) is 4.63. The largest absolute Gasteiger partial charge is 0.398 e. The molecule has 4 nitrogen and oxygen atoms in total. The Balaban J connectivity index is 1.94. The Kier molecular flexibility index (Phi) is 3.82. The zero-order chi connectivity index (χ0) is 12.1. The molecule has 2 rings (SSSR count). The summed E-state index contributed by atoms with van der Waals surface area (Å²) in [4.78, 5) is 15.7. The summed E-state index contributed by atoms with van der Waals surface area (Å²) >= 11 is 1.62. The number of nitrogen functional groups attached to an aromatic ring is 1. The summed E-state index contributed by atoms with van der Waals surface area (Å²) in [6, 6.07) is 8.88. The van der Waals surface area contributed by atoms with Crippen LogP contribution in [-0.4, -0.2) is 15.3 Å². The number of aryl methyl sites for hydroxylation is 1. The van der Waals surface area contributed by atoms with Gasteiger partial charge in [0.15, 0.2) is 0 Å². The molecule has 0 saturated carbocycles. The van der Waals surface area contributed by atoms with Crippen LogP contribution >= 0.6 is 11.8 Å². The Morgan fingerprint density at radius 1 is 1.29 bits per heavy atom. The number of rotatable bonds is 4. The van der Waals surface area contributed by atoms with Crippen molar-refractivity contribution >= 4 is 17.4 Å². The third-order valence-electron chi connectivity index (χ3n) is 2.23. The number of hydrogen-bond acceptors (Lipinski definition) is 4. The number of hydrogen-bond donors (Lipinski definition) is 1. The molecule has 0 aliphatic rings. The normalized spacial score (nSPS) is 10.4. The molecule has 0 fully saturated rings. The van der Waals surface area contributed by atoms with Gasteiger partial charge in [0.1, 0.15) is 0 Å². The van der Waals surface area contributed by atoms with Crippen LogP contribution in [0.3, 0.4) is 0 Å². The van der Waals surface area contributed by atoms with Gasteiger partial charge in [-0.1, -0.05) is 6.07 Å². The van der Waals surface area contributed by atoms with Gasteiger partial charge in [-0.15, -0.1) is 11.8 Å². The van der Waals surface area contributed by atoms with Crippen LogP contribution in [0.1, 0.15) is 0 Å². The van der Waals surface area contributed by atoms with Crippen molar-refractivity contribution in [2.75, 3.05) is 11.5 Å². The van der Waals surface area contributed by atoms with Crippen LogP contribution in [0.2, 0.25) is 0 Å². The first-order valence-corrected chi connectivity index (χ1v) is 6.24. The van der Waals surface area contributed by atoms with E-state index >= 15 is 0 Å². The molecular weight excluding hydrogens is 234 g/mol. The van der Waals surface area contributed by atoms with E-state index in [2.05, 4.69) is 4.98 Å². The summed E-state index contributed by atoms with van der Waals surface area (Å²) in [5.74, 6) is 0.792. The molecule has 0 atom stereocenters. The lowest BCUT2D eigenvalue weighted by molar-refractivity contribution is 0.736. The van der Waals surface area contributed by atoms with Crippen LogP contribution in [0.15, 0.2) is 52.5 Å². The Morgan fingerprint density at radius 3 is 2.94 bits per heavy atom. The van der Waals surface area contributed by atoms with Crippen LogP contribution in [-0.2, 0) is 6.54 Å². The summed E-state index contributed by atoms with van der Waals surface area (Å²) < 4.78 is 1.62. The molecule has 88 valence electrons. The quantitative estimate of drug-likeness (QED) is 0.834. The molecule has 0 bridgehead atoms. The first-order valence-electron chi connectivity index (χ1n) is 5.25. The van der Waals surface area contributed by atoms with Crippen LogP contribution in [0, 0.1) is 0 Å². The monoisotopic (exact) mass is 247 g/mol. The Hall–Kier alpha value is -1.75. The highest BCUT2D eigenvalue weighted by molar-refractivity contribution is 7.99. The highest BCUT2D eigenvalue weighted by Crippen LogP contribution is 2.13. The molecule has 0 aliphatic heterocycles. The third kappa shape index (κ3) is 3.35. The van der Waals surface area contributed by atoms with Crippen molar-refractivity contribution < 1.29 is 0 Å². The van der Waals surface area contributed by atoms with Gasteiger partial charge in [-0.2, -0.15) is 0 Å². The fourth-order valence-corrected chi connectivity index (χ4v) is 2.21. The second kappa shape index (κ2) is 5.54. The molecule has 0 spiro atoms. The molecule has 2 heterocycles. The molecule has 0 unspecified atom stereocenters. The Morgan fingerprint density at radius 2 is 2.18 bits per heavy atom. The van der Waals surface area contributed by atoms with Gasteiger partial charge in [0.25, 0.3) is 5.56 Å². The van der Waals surface area contributed by atoms with Crippen molar-refractivity contribution in [3.05, 3.63) is 53.1 Å². The standard InChI is InChI=1S/C12H13N3OS/c13-10-4-5-12(16)15(9-10)7-8-17-11-3-1-2-6-14-11/h1-6,9H,7-8,13H2. The molecule has 0 aliphatic carbocycles. The fourth-order valence-electron chi connectivity index (χ4n) is 1.41. The summed E-state index contributed by atoms with van der Waals surface area (Å²) in [5, 5.41) is 0.962. The second-order valence-electron chi connectivity index (χ2n) is 3.51. The van der Waals surface area contributed by atoms with E-state index in [0.29, 0.717) is 12.2 Å². The first kappa shape index (κ1) is 11.7. The van der Waals surface area contributed by atoms with Gasteiger partial charge in [0, 0.05) is 36.4 Å². The lowest BCUT2D eigenvalue weighted by Gasteiger charge is -2.05. The van der Waals surface area contributed by atoms with E-state index < -0.39 is 0 Å². The maximum Gasteiger partial charge on any atom is 0.250 e. The molecule has 0 aromatic carbocycles. The molecular formula is C12H13N3OS. The van der Waals surface area contributed by atoms with Crippen LogP contribution in [0.5, 0.6) is 0 Å². The zero-order valence-corrected chi connectivity index (χ0v) is 10.1. The van der Waals surface area contributed by atoms with E-state index in [1.807, 2.05) is 18.2 Å². The van der Waals surface area contributed by atoms with E-state index in [9.17, 15) is 4.79 Å². The number of thioether (sulfide) groups is 1. The maximum atomic E-state index is 11.5.